The minimum Gasteiger partial charge on any atom is -0.322 e. The fraction of sp³-hybridized carbons (Fsp3) is 0.259. The number of carbonyl (C=O) groups is 1. The monoisotopic (exact) mass is 396 g/mol. The van der Waals surface area contributed by atoms with Gasteiger partial charge in [0.2, 0.25) is 0 Å². The molecular formula is C27H28N2O. The van der Waals surface area contributed by atoms with E-state index in [1.165, 1.54) is 11.1 Å². The molecule has 1 aromatic heterocycles. The van der Waals surface area contributed by atoms with Crippen molar-refractivity contribution >= 4 is 17.2 Å². The number of amides is 1. The van der Waals surface area contributed by atoms with Crippen molar-refractivity contribution in [2.24, 2.45) is 0 Å². The van der Waals surface area contributed by atoms with Crippen molar-refractivity contribution in [1.82, 2.24) is 4.98 Å². The Bertz CT molecular complexity index is 1080. The molecule has 4 rings (SSSR count). The van der Waals surface area contributed by atoms with E-state index >= 15 is 0 Å². The van der Waals surface area contributed by atoms with Gasteiger partial charge in [0.05, 0.1) is 0 Å². The van der Waals surface area contributed by atoms with Crippen molar-refractivity contribution in [2.75, 3.05) is 5.32 Å². The molecule has 0 spiro atoms. The van der Waals surface area contributed by atoms with Crippen LogP contribution in [0.5, 0.6) is 0 Å². The Hall–Kier alpha value is -3.20. The highest BCUT2D eigenvalue weighted by Gasteiger charge is 2.22. The third kappa shape index (κ3) is 4.35. The summed E-state index contributed by atoms with van der Waals surface area (Å²) in [6.45, 7) is 4.21. The first-order chi connectivity index (χ1) is 14.7. The SMILES string of the molecule is CCC1=C(C(=O)Nc2ccccc2)c2cc(-c3cncc(C)c3)ccc2CCCC1. The van der Waals surface area contributed by atoms with Gasteiger partial charge < -0.3 is 5.32 Å². The molecule has 3 nitrogen and oxygen atoms in total. The minimum atomic E-state index is -0.0132. The van der Waals surface area contributed by atoms with Crippen molar-refractivity contribution in [3.63, 3.8) is 0 Å². The first-order valence-electron chi connectivity index (χ1n) is 10.8. The van der Waals surface area contributed by atoms with Crippen LogP contribution in [0.2, 0.25) is 0 Å². The van der Waals surface area contributed by atoms with Gasteiger partial charge in [-0.25, -0.2) is 0 Å². The summed E-state index contributed by atoms with van der Waals surface area (Å²) in [5, 5.41) is 3.12. The van der Waals surface area contributed by atoms with Gasteiger partial charge in [-0.05, 0) is 85.5 Å². The summed E-state index contributed by atoms with van der Waals surface area (Å²) in [7, 11) is 0. The number of carbonyl (C=O) groups excluding carboxylic acids is 1. The summed E-state index contributed by atoms with van der Waals surface area (Å²) < 4.78 is 0. The van der Waals surface area contributed by atoms with Crippen molar-refractivity contribution in [3.8, 4) is 11.1 Å². The van der Waals surface area contributed by atoms with Gasteiger partial charge in [-0.2, -0.15) is 0 Å². The number of hydrogen-bond acceptors (Lipinski definition) is 2. The Morgan fingerprint density at radius 2 is 1.77 bits per heavy atom. The average Bonchev–Trinajstić information content (AvgIpc) is 2.75. The van der Waals surface area contributed by atoms with E-state index in [1.807, 2.05) is 42.7 Å². The first kappa shape index (κ1) is 20.1. The summed E-state index contributed by atoms with van der Waals surface area (Å²) in [5.74, 6) is -0.0132. The molecule has 30 heavy (non-hydrogen) atoms. The highest BCUT2D eigenvalue weighted by atomic mass is 16.1. The van der Waals surface area contributed by atoms with Crippen LogP contribution in [0.3, 0.4) is 0 Å². The van der Waals surface area contributed by atoms with Gasteiger partial charge in [-0.3, -0.25) is 9.78 Å². The maximum Gasteiger partial charge on any atom is 0.256 e. The molecule has 1 heterocycles. The van der Waals surface area contributed by atoms with Crippen molar-refractivity contribution in [3.05, 3.63) is 89.3 Å². The lowest BCUT2D eigenvalue weighted by Gasteiger charge is -2.21. The fourth-order valence-electron chi connectivity index (χ4n) is 4.24. The molecule has 0 aliphatic heterocycles. The second-order valence-electron chi connectivity index (χ2n) is 7.98. The summed E-state index contributed by atoms with van der Waals surface area (Å²) in [6, 6.07) is 18.4. The lowest BCUT2D eigenvalue weighted by atomic mass is 9.85. The molecule has 0 saturated carbocycles. The molecule has 0 atom stereocenters. The van der Waals surface area contributed by atoms with E-state index in [4.69, 9.17) is 0 Å². The Labute approximate surface area is 178 Å². The number of pyridine rings is 1. The Morgan fingerprint density at radius 1 is 0.967 bits per heavy atom. The van der Waals surface area contributed by atoms with E-state index in [-0.39, 0.29) is 5.91 Å². The number of nitrogens with zero attached hydrogens (tertiary/aromatic N) is 1. The van der Waals surface area contributed by atoms with E-state index in [0.29, 0.717) is 0 Å². The largest absolute Gasteiger partial charge is 0.322 e. The second-order valence-corrected chi connectivity index (χ2v) is 7.98. The highest BCUT2D eigenvalue weighted by Crippen LogP contribution is 2.35. The molecule has 1 aliphatic carbocycles. The lowest BCUT2D eigenvalue weighted by molar-refractivity contribution is -0.111. The number of benzene rings is 2. The van der Waals surface area contributed by atoms with E-state index in [9.17, 15) is 4.79 Å². The van der Waals surface area contributed by atoms with Crippen molar-refractivity contribution in [2.45, 2.75) is 46.0 Å². The Kier molecular flexibility index (Phi) is 6.08. The number of allylic oxidation sites excluding steroid dienone is 1. The van der Waals surface area contributed by atoms with E-state index in [2.05, 4.69) is 48.4 Å². The Morgan fingerprint density at radius 3 is 2.53 bits per heavy atom. The third-order valence-electron chi connectivity index (χ3n) is 5.80. The quantitative estimate of drug-likeness (QED) is 0.541. The third-order valence-corrected chi connectivity index (χ3v) is 5.80. The number of nitrogens with one attached hydrogen (secondary N) is 1. The summed E-state index contributed by atoms with van der Waals surface area (Å²) >= 11 is 0. The van der Waals surface area contributed by atoms with Crippen LogP contribution < -0.4 is 5.32 Å². The molecule has 0 saturated heterocycles. The molecule has 3 heteroatoms. The normalized spacial score (nSPS) is 13.9. The Balaban J connectivity index is 1.82. The molecular weight excluding hydrogens is 368 g/mol. The zero-order valence-corrected chi connectivity index (χ0v) is 17.7. The number of rotatable bonds is 4. The van der Waals surface area contributed by atoms with Crippen LogP contribution in [0.4, 0.5) is 5.69 Å². The zero-order chi connectivity index (χ0) is 20.9. The number of aryl methyl sites for hydroxylation is 2. The van der Waals surface area contributed by atoms with Gasteiger partial charge in [0.25, 0.3) is 5.91 Å². The van der Waals surface area contributed by atoms with Crippen LogP contribution >= 0.6 is 0 Å². The summed E-state index contributed by atoms with van der Waals surface area (Å²) in [6.07, 6.45) is 8.89. The smallest absolute Gasteiger partial charge is 0.256 e. The molecule has 1 aliphatic rings. The predicted molar refractivity (Wildman–Crippen MR) is 124 cm³/mol. The lowest BCUT2D eigenvalue weighted by Crippen LogP contribution is -2.17. The number of fused-ring (bicyclic) bond motifs is 1. The zero-order valence-electron chi connectivity index (χ0n) is 17.7. The van der Waals surface area contributed by atoms with Crippen LogP contribution in [0.1, 0.15) is 49.3 Å². The first-order valence-corrected chi connectivity index (χ1v) is 10.8. The van der Waals surface area contributed by atoms with E-state index in [0.717, 1.165) is 65.6 Å². The van der Waals surface area contributed by atoms with E-state index < -0.39 is 0 Å². The van der Waals surface area contributed by atoms with Crippen LogP contribution in [-0.4, -0.2) is 10.9 Å². The summed E-state index contributed by atoms with van der Waals surface area (Å²) in [4.78, 5) is 17.8. The second kappa shape index (κ2) is 9.08. The van der Waals surface area contributed by atoms with Crippen LogP contribution in [0.25, 0.3) is 16.7 Å². The minimum absolute atomic E-state index is 0.0132. The molecule has 3 aromatic rings. The van der Waals surface area contributed by atoms with E-state index in [1.54, 1.807) is 0 Å². The molecule has 1 amide bonds. The van der Waals surface area contributed by atoms with Gasteiger partial charge in [-0.15, -0.1) is 0 Å². The average molecular weight is 397 g/mol. The molecule has 2 aromatic carbocycles. The standard InChI is InChI=1S/C27H28N2O/c1-3-20-9-7-8-10-21-13-14-22(23-15-19(2)17-28-18-23)16-25(21)26(20)27(30)29-24-11-5-4-6-12-24/h4-6,11-18H,3,7-10H2,1-2H3,(H,29,30). The van der Waals surface area contributed by atoms with Crippen molar-refractivity contribution < 1.29 is 4.79 Å². The van der Waals surface area contributed by atoms with Crippen molar-refractivity contribution in [1.29, 1.82) is 0 Å². The molecule has 0 fully saturated rings. The maximum atomic E-state index is 13.5. The van der Waals surface area contributed by atoms with Gasteiger partial charge >= 0.3 is 0 Å². The summed E-state index contributed by atoms with van der Waals surface area (Å²) in [5.41, 5.74) is 8.55. The highest BCUT2D eigenvalue weighted by molar-refractivity contribution is 6.26. The van der Waals surface area contributed by atoms with Gasteiger partial charge in [-0.1, -0.05) is 42.8 Å². The van der Waals surface area contributed by atoms with Gasteiger partial charge in [0.15, 0.2) is 0 Å². The maximum absolute atomic E-state index is 13.5. The predicted octanol–water partition coefficient (Wildman–Crippen LogP) is 6.59. The van der Waals surface area contributed by atoms with Gasteiger partial charge in [0.1, 0.15) is 0 Å². The van der Waals surface area contributed by atoms with Crippen LogP contribution in [-0.2, 0) is 11.2 Å². The molecule has 0 unspecified atom stereocenters. The number of para-hydroxylation sites is 1. The topological polar surface area (TPSA) is 42.0 Å². The van der Waals surface area contributed by atoms with Gasteiger partial charge in [0, 0.05) is 29.2 Å². The van der Waals surface area contributed by atoms with Crippen LogP contribution in [0.15, 0.2) is 72.6 Å². The molecule has 0 radical (unpaired) electrons. The molecule has 1 N–H and O–H groups in total. The van der Waals surface area contributed by atoms with Crippen LogP contribution in [0, 0.1) is 6.92 Å². The fourth-order valence-corrected chi connectivity index (χ4v) is 4.24. The molecule has 152 valence electrons. The number of aromatic nitrogens is 1. The number of hydrogen-bond donors (Lipinski definition) is 1. The molecule has 0 bridgehead atoms. The number of anilines is 1.